The Kier molecular flexibility index (Phi) is 5.86. The third-order valence-corrected chi connectivity index (χ3v) is 2.92. The summed E-state index contributed by atoms with van der Waals surface area (Å²) in [5.74, 6) is -2.85. The van der Waals surface area contributed by atoms with Crippen molar-refractivity contribution >= 4 is 17.8 Å². The second kappa shape index (κ2) is 7.39. The van der Waals surface area contributed by atoms with Crippen LogP contribution in [0.4, 0.5) is 0 Å². The Balaban J connectivity index is 2.74. The van der Waals surface area contributed by atoms with Crippen molar-refractivity contribution in [3.8, 4) is 0 Å². The number of carbonyl (C=O) groups is 3. The lowest BCUT2D eigenvalue weighted by atomic mass is 10.1. The Morgan fingerprint density at radius 2 is 1.52 bits per heavy atom. The number of hydrogen-bond acceptors (Lipinski definition) is 4. The molecule has 3 unspecified atom stereocenters. The number of aliphatic carboxylic acids is 2. The van der Waals surface area contributed by atoms with Crippen molar-refractivity contribution in [1.82, 2.24) is 10.6 Å². The molecule has 114 valence electrons. The molecule has 0 aliphatic heterocycles. The fourth-order valence-electron chi connectivity index (χ4n) is 1.68. The number of hydrogen-bond donors (Lipinski definition) is 4. The smallest absolute Gasteiger partial charge is 0.325 e. The van der Waals surface area contributed by atoms with E-state index in [0.29, 0.717) is 5.56 Å². The predicted octanol–water partition coefficient (Wildman–Crippen LogP) is 0.380. The third kappa shape index (κ3) is 4.88. The highest BCUT2D eigenvalue weighted by molar-refractivity contribution is 5.87. The largest absolute Gasteiger partial charge is 0.480 e. The monoisotopic (exact) mass is 294 g/mol. The topological polar surface area (TPSA) is 116 Å². The van der Waals surface area contributed by atoms with Gasteiger partial charge in [-0.05, 0) is 19.4 Å². The molecule has 21 heavy (non-hydrogen) atoms. The zero-order chi connectivity index (χ0) is 16.0. The summed E-state index contributed by atoms with van der Waals surface area (Å²) in [5.41, 5.74) is 0.510. The zero-order valence-electron chi connectivity index (χ0n) is 11.7. The summed E-state index contributed by atoms with van der Waals surface area (Å²) < 4.78 is 0. The third-order valence-electron chi connectivity index (χ3n) is 2.92. The predicted molar refractivity (Wildman–Crippen MR) is 74.7 cm³/mol. The molecule has 3 atom stereocenters. The SMILES string of the molecule is CC(NC(=O)C(C)NC(C(=O)O)c1ccccc1)C(=O)O. The highest BCUT2D eigenvalue weighted by atomic mass is 16.4. The summed E-state index contributed by atoms with van der Waals surface area (Å²) in [6.45, 7) is 2.81. The van der Waals surface area contributed by atoms with Crippen molar-refractivity contribution in [2.45, 2.75) is 32.0 Å². The Morgan fingerprint density at radius 3 is 2.00 bits per heavy atom. The highest BCUT2D eigenvalue weighted by Crippen LogP contribution is 2.13. The van der Waals surface area contributed by atoms with Crippen molar-refractivity contribution < 1.29 is 24.6 Å². The maximum atomic E-state index is 11.8. The van der Waals surface area contributed by atoms with Gasteiger partial charge in [-0.3, -0.25) is 19.7 Å². The molecule has 1 aromatic carbocycles. The van der Waals surface area contributed by atoms with Gasteiger partial charge in [-0.1, -0.05) is 30.3 Å². The summed E-state index contributed by atoms with van der Waals surface area (Å²) in [5, 5.41) is 22.9. The first-order chi connectivity index (χ1) is 9.82. The van der Waals surface area contributed by atoms with Crippen molar-refractivity contribution in [3.63, 3.8) is 0 Å². The van der Waals surface area contributed by atoms with Crippen LogP contribution in [-0.2, 0) is 14.4 Å². The lowest BCUT2D eigenvalue weighted by Crippen LogP contribution is -2.49. The van der Waals surface area contributed by atoms with Crippen molar-refractivity contribution in [2.75, 3.05) is 0 Å². The molecule has 1 aromatic rings. The first kappa shape index (κ1) is 16.6. The normalized spacial score (nSPS) is 14.8. The number of rotatable bonds is 7. The van der Waals surface area contributed by atoms with Gasteiger partial charge in [-0.2, -0.15) is 0 Å². The van der Waals surface area contributed by atoms with Gasteiger partial charge in [0.2, 0.25) is 5.91 Å². The van der Waals surface area contributed by atoms with Gasteiger partial charge < -0.3 is 15.5 Å². The number of carboxylic acids is 2. The summed E-state index contributed by atoms with van der Waals surface area (Å²) in [7, 11) is 0. The second-order valence-electron chi connectivity index (χ2n) is 4.64. The van der Waals surface area contributed by atoms with Crippen LogP contribution in [0.1, 0.15) is 25.5 Å². The van der Waals surface area contributed by atoms with Gasteiger partial charge in [0.15, 0.2) is 0 Å². The van der Waals surface area contributed by atoms with E-state index in [4.69, 9.17) is 5.11 Å². The Labute approximate surface area is 122 Å². The van der Waals surface area contributed by atoms with Gasteiger partial charge in [-0.15, -0.1) is 0 Å². The fourth-order valence-corrected chi connectivity index (χ4v) is 1.68. The van der Waals surface area contributed by atoms with E-state index >= 15 is 0 Å². The first-order valence-electron chi connectivity index (χ1n) is 6.40. The minimum atomic E-state index is -1.16. The van der Waals surface area contributed by atoms with Crippen LogP contribution in [0.15, 0.2) is 30.3 Å². The van der Waals surface area contributed by atoms with Gasteiger partial charge in [0.05, 0.1) is 6.04 Å². The van der Waals surface area contributed by atoms with Gasteiger partial charge in [0.25, 0.3) is 0 Å². The summed E-state index contributed by atoms with van der Waals surface area (Å²) >= 11 is 0. The first-order valence-corrected chi connectivity index (χ1v) is 6.40. The minimum Gasteiger partial charge on any atom is -0.480 e. The Morgan fingerprint density at radius 1 is 0.952 bits per heavy atom. The lowest BCUT2D eigenvalue weighted by molar-refractivity contribution is -0.142. The molecule has 0 spiro atoms. The molecule has 0 aromatic heterocycles. The molecule has 0 saturated heterocycles. The molecule has 1 amide bonds. The van der Waals surface area contributed by atoms with Crippen LogP contribution in [0, 0.1) is 0 Å². The maximum Gasteiger partial charge on any atom is 0.325 e. The number of carbonyl (C=O) groups excluding carboxylic acids is 1. The van der Waals surface area contributed by atoms with Gasteiger partial charge in [0.1, 0.15) is 12.1 Å². The van der Waals surface area contributed by atoms with Crippen LogP contribution < -0.4 is 10.6 Å². The van der Waals surface area contributed by atoms with E-state index in [-0.39, 0.29) is 0 Å². The van der Waals surface area contributed by atoms with E-state index in [1.807, 2.05) is 0 Å². The fraction of sp³-hybridized carbons (Fsp3) is 0.357. The number of benzene rings is 1. The van der Waals surface area contributed by atoms with E-state index in [1.165, 1.54) is 13.8 Å². The summed E-state index contributed by atoms with van der Waals surface area (Å²) in [6, 6.07) is 5.48. The molecular formula is C14H18N2O5. The van der Waals surface area contributed by atoms with E-state index in [0.717, 1.165) is 0 Å². The molecule has 7 heteroatoms. The van der Waals surface area contributed by atoms with Crippen LogP contribution >= 0.6 is 0 Å². The molecule has 0 radical (unpaired) electrons. The molecule has 0 bridgehead atoms. The molecule has 1 rings (SSSR count). The van der Waals surface area contributed by atoms with E-state index < -0.39 is 36.0 Å². The molecular weight excluding hydrogens is 276 g/mol. The maximum absolute atomic E-state index is 11.8. The lowest BCUT2D eigenvalue weighted by Gasteiger charge is -2.21. The standard InChI is InChI=1S/C14H18N2O5/c1-8(12(17)16-9(2)13(18)19)15-11(14(20)21)10-6-4-3-5-7-10/h3-9,11,15H,1-2H3,(H,16,17)(H,18,19)(H,20,21). The van der Waals surface area contributed by atoms with Crippen molar-refractivity contribution in [2.24, 2.45) is 0 Å². The quantitative estimate of drug-likeness (QED) is 0.578. The molecule has 0 aliphatic rings. The zero-order valence-corrected chi connectivity index (χ0v) is 11.7. The summed E-state index contributed by atoms with van der Waals surface area (Å²) in [4.78, 5) is 33.8. The average molecular weight is 294 g/mol. The molecule has 0 aliphatic carbocycles. The van der Waals surface area contributed by atoms with E-state index in [1.54, 1.807) is 30.3 Å². The van der Waals surface area contributed by atoms with Gasteiger partial charge in [-0.25, -0.2) is 0 Å². The summed E-state index contributed by atoms with van der Waals surface area (Å²) in [6.07, 6.45) is 0. The van der Waals surface area contributed by atoms with E-state index in [2.05, 4.69) is 10.6 Å². The van der Waals surface area contributed by atoms with Crippen molar-refractivity contribution in [1.29, 1.82) is 0 Å². The highest BCUT2D eigenvalue weighted by Gasteiger charge is 2.26. The van der Waals surface area contributed by atoms with Crippen LogP contribution in [0.5, 0.6) is 0 Å². The number of carboxylic acid groups (broad SMARTS) is 2. The van der Waals surface area contributed by atoms with Crippen LogP contribution in [0.2, 0.25) is 0 Å². The Bertz CT molecular complexity index is 517. The number of amides is 1. The van der Waals surface area contributed by atoms with Gasteiger partial charge >= 0.3 is 11.9 Å². The Hall–Kier alpha value is -2.41. The molecule has 0 heterocycles. The van der Waals surface area contributed by atoms with Crippen LogP contribution in [-0.4, -0.2) is 40.1 Å². The minimum absolute atomic E-state index is 0.510. The molecule has 4 N–H and O–H groups in total. The van der Waals surface area contributed by atoms with Crippen molar-refractivity contribution in [3.05, 3.63) is 35.9 Å². The van der Waals surface area contributed by atoms with Gasteiger partial charge in [0, 0.05) is 0 Å². The van der Waals surface area contributed by atoms with Crippen LogP contribution in [0.3, 0.4) is 0 Å². The molecule has 7 nitrogen and oxygen atoms in total. The average Bonchev–Trinajstić information content (AvgIpc) is 2.44. The second-order valence-corrected chi connectivity index (χ2v) is 4.64. The molecule has 0 saturated carbocycles. The van der Waals surface area contributed by atoms with E-state index in [9.17, 15) is 19.5 Å². The molecule has 0 fully saturated rings. The number of nitrogens with one attached hydrogen (secondary N) is 2. The van der Waals surface area contributed by atoms with Crippen LogP contribution in [0.25, 0.3) is 0 Å².